The molecule has 0 aliphatic heterocycles. The number of ether oxygens (including phenoxy) is 1. The first kappa shape index (κ1) is 10.9. The average Bonchev–Trinajstić information content (AvgIpc) is 2.73. The minimum atomic E-state index is 0.282. The summed E-state index contributed by atoms with van der Waals surface area (Å²) in [5.41, 5.74) is 2.59. The van der Waals surface area contributed by atoms with Crippen LogP contribution in [0.3, 0.4) is 0 Å². The lowest BCUT2D eigenvalue weighted by Gasteiger charge is -2.04. The van der Waals surface area contributed by atoms with Gasteiger partial charge in [0.15, 0.2) is 5.78 Å². The Morgan fingerprint density at radius 1 is 1.12 bits per heavy atom. The van der Waals surface area contributed by atoms with E-state index in [-0.39, 0.29) is 5.78 Å². The predicted molar refractivity (Wildman–Crippen MR) is 63.6 cm³/mol. The Morgan fingerprint density at radius 2 is 1.88 bits per heavy atom. The van der Waals surface area contributed by atoms with Gasteiger partial charge in [-0.1, -0.05) is 17.7 Å². The molecule has 0 N–H and O–H groups in total. The maximum absolute atomic E-state index is 11.1. The molecule has 0 saturated heterocycles. The number of aryl methyl sites for hydroxylation is 1. The number of carbonyl (C=O) groups excluding carboxylic acids is 1. The average molecular weight is 216 g/mol. The summed E-state index contributed by atoms with van der Waals surface area (Å²) in [4.78, 5) is 11.1. The van der Waals surface area contributed by atoms with Crippen molar-refractivity contribution in [3.8, 4) is 5.75 Å². The maximum Gasteiger partial charge on any atom is 0.155 e. The van der Waals surface area contributed by atoms with Gasteiger partial charge in [-0.25, -0.2) is 0 Å². The highest BCUT2D eigenvalue weighted by molar-refractivity contribution is 5.92. The van der Waals surface area contributed by atoms with Gasteiger partial charge in [0.25, 0.3) is 0 Å². The highest BCUT2D eigenvalue weighted by Gasteiger charge is 2.11. The van der Waals surface area contributed by atoms with Crippen LogP contribution in [0.4, 0.5) is 0 Å². The molecule has 2 rings (SSSR count). The largest absolute Gasteiger partial charge is 0.497 e. The molecule has 0 aromatic heterocycles. The van der Waals surface area contributed by atoms with Crippen molar-refractivity contribution in [1.29, 1.82) is 0 Å². The number of ketones is 1. The monoisotopic (exact) mass is 216 g/mol. The van der Waals surface area contributed by atoms with Crippen LogP contribution in [0.5, 0.6) is 5.75 Å². The zero-order chi connectivity index (χ0) is 11.4. The first-order chi connectivity index (χ1) is 7.78. The van der Waals surface area contributed by atoms with Crippen LogP contribution in [0.1, 0.15) is 24.8 Å². The quantitative estimate of drug-likeness (QED) is 0.773. The van der Waals surface area contributed by atoms with Crippen molar-refractivity contribution < 1.29 is 9.53 Å². The summed E-state index contributed by atoms with van der Waals surface area (Å²) in [5, 5.41) is 0. The fraction of sp³-hybridized carbons (Fsp3) is 0.357. The molecule has 0 radical (unpaired) electrons. The summed E-state index contributed by atoms with van der Waals surface area (Å²) < 4.78 is 5.11. The van der Waals surface area contributed by atoms with Gasteiger partial charge in [0, 0.05) is 6.42 Å². The van der Waals surface area contributed by atoms with Gasteiger partial charge in [0.1, 0.15) is 5.75 Å². The van der Waals surface area contributed by atoms with E-state index in [1.807, 2.05) is 18.2 Å². The molecule has 0 saturated carbocycles. The maximum atomic E-state index is 11.1. The smallest absolute Gasteiger partial charge is 0.155 e. The highest BCUT2D eigenvalue weighted by Crippen LogP contribution is 2.21. The summed E-state index contributed by atoms with van der Waals surface area (Å²) in [5.74, 6) is 1.17. The van der Waals surface area contributed by atoms with E-state index < -0.39 is 0 Å². The minimum absolute atomic E-state index is 0.282. The van der Waals surface area contributed by atoms with Crippen LogP contribution in [-0.2, 0) is 11.2 Å². The second-order valence-corrected chi connectivity index (χ2v) is 4.12. The number of carbonyl (C=O) groups is 1. The van der Waals surface area contributed by atoms with Crippen LogP contribution in [-0.4, -0.2) is 12.9 Å². The molecule has 2 nitrogen and oxygen atoms in total. The molecule has 0 atom stereocenters. The first-order valence-electron chi connectivity index (χ1n) is 5.63. The first-order valence-corrected chi connectivity index (χ1v) is 5.63. The van der Waals surface area contributed by atoms with Gasteiger partial charge in [0.2, 0.25) is 0 Å². The van der Waals surface area contributed by atoms with E-state index in [4.69, 9.17) is 4.74 Å². The lowest BCUT2D eigenvalue weighted by atomic mass is 10.0. The van der Waals surface area contributed by atoms with Crippen molar-refractivity contribution in [2.24, 2.45) is 0 Å². The molecule has 1 aromatic carbocycles. The van der Waals surface area contributed by atoms with Crippen LogP contribution in [0.15, 0.2) is 35.9 Å². The lowest BCUT2D eigenvalue weighted by Crippen LogP contribution is -1.88. The molecule has 0 fully saturated rings. The van der Waals surface area contributed by atoms with Gasteiger partial charge < -0.3 is 4.74 Å². The SMILES string of the molecule is COc1ccc(CCC2=CC(=O)CC2)cc1. The van der Waals surface area contributed by atoms with Crippen LogP contribution >= 0.6 is 0 Å². The number of benzene rings is 1. The van der Waals surface area contributed by atoms with Crippen molar-refractivity contribution >= 4 is 5.78 Å². The predicted octanol–water partition coefficient (Wildman–Crippen LogP) is 2.92. The fourth-order valence-electron chi connectivity index (χ4n) is 1.95. The molecule has 16 heavy (non-hydrogen) atoms. The Labute approximate surface area is 95.9 Å². The number of rotatable bonds is 4. The Balaban J connectivity index is 1.89. The molecule has 0 unspecified atom stereocenters. The fourth-order valence-corrected chi connectivity index (χ4v) is 1.95. The Morgan fingerprint density at radius 3 is 2.44 bits per heavy atom. The third-order valence-corrected chi connectivity index (χ3v) is 2.95. The molecular formula is C14H16O2. The van der Waals surface area contributed by atoms with E-state index in [1.165, 1.54) is 11.1 Å². The van der Waals surface area contributed by atoms with E-state index in [0.717, 1.165) is 25.0 Å². The number of hydrogen-bond donors (Lipinski definition) is 0. The molecule has 0 bridgehead atoms. The van der Waals surface area contributed by atoms with Crippen molar-refractivity contribution in [3.05, 3.63) is 41.5 Å². The third-order valence-electron chi connectivity index (χ3n) is 2.95. The minimum Gasteiger partial charge on any atom is -0.497 e. The van der Waals surface area contributed by atoms with Gasteiger partial charge in [0.05, 0.1) is 7.11 Å². The number of allylic oxidation sites excluding steroid dienone is 2. The van der Waals surface area contributed by atoms with Gasteiger partial charge in [-0.05, 0) is 43.0 Å². The molecule has 84 valence electrons. The Kier molecular flexibility index (Phi) is 3.40. The molecular weight excluding hydrogens is 200 g/mol. The van der Waals surface area contributed by atoms with Crippen LogP contribution in [0.2, 0.25) is 0 Å². The van der Waals surface area contributed by atoms with Crippen molar-refractivity contribution in [2.75, 3.05) is 7.11 Å². The van der Waals surface area contributed by atoms with Crippen LogP contribution < -0.4 is 4.74 Å². The van der Waals surface area contributed by atoms with Crippen LogP contribution in [0, 0.1) is 0 Å². The number of hydrogen-bond acceptors (Lipinski definition) is 2. The van der Waals surface area contributed by atoms with Gasteiger partial charge in [-0.2, -0.15) is 0 Å². The van der Waals surface area contributed by atoms with E-state index in [9.17, 15) is 4.79 Å². The second kappa shape index (κ2) is 4.97. The Hall–Kier alpha value is -1.57. The van der Waals surface area contributed by atoms with Crippen molar-refractivity contribution in [3.63, 3.8) is 0 Å². The zero-order valence-electron chi connectivity index (χ0n) is 9.53. The summed E-state index contributed by atoms with van der Waals surface area (Å²) in [6.07, 6.45) is 5.47. The number of methoxy groups -OCH3 is 1. The molecule has 2 heteroatoms. The normalized spacial score (nSPS) is 15.1. The summed E-state index contributed by atoms with van der Waals surface area (Å²) in [6.45, 7) is 0. The summed E-state index contributed by atoms with van der Waals surface area (Å²) in [6, 6.07) is 8.11. The van der Waals surface area contributed by atoms with E-state index >= 15 is 0 Å². The van der Waals surface area contributed by atoms with Crippen LogP contribution in [0.25, 0.3) is 0 Å². The molecule has 1 aliphatic rings. The van der Waals surface area contributed by atoms with Gasteiger partial charge in [-0.3, -0.25) is 4.79 Å². The molecule has 0 amide bonds. The summed E-state index contributed by atoms with van der Waals surface area (Å²) >= 11 is 0. The Bertz CT molecular complexity index is 401. The second-order valence-electron chi connectivity index (χ2n) is 4.12. The van der Waals surface area contributed by atoms with Gasteiger partial charge >= 0.3 is 0 Å². The van der Waals surface area contributed by atoms with E-state index in [0.29, 0.717) is 6.42 Å². The third kappa shape index (κ3) is 2.72. The van der Waals surface area contributed by atoms with Crippen molar-refractivity contribution in [1.82, 2.24) is 0 Å². The van der Waals surface area contributed by atoms with E-state index in [2.05, 4.69) is 12.1 Å². The van der Waals surface area contributed by atoms with E-state index in [1.54, 1.807) is 7.11 Å². The topological polar surface area (TPSA) is 26.3 Å². The van der Waals surface area contributed by atoms with Gasteiger partial charge in [-0.15, -0.1) is 0 Å². The lowest BCUT2D eigenvalue weighted by molar-refractivity contribution is -0.114. The van der Waals surface area contributed by atoms with Crippen molar-refractivity contribution in [2.45, 2.75) is 25.7 Å². The molecule has 1 aromatic rings. The molecule has 0 heterocycles. The highest BCUT2D eigenvalue weighted by atomic mass is 16.5. The molecule has 1 aliphatic carbocycles. The summed E-state index contributed by atoms with van der Waals surface area (Å²) in [7, 11) is 1.67. The zero-order valence-corrected chi connectivity index (χ0v) is 9.53. The molecule has 0 spiro atoms. The standard InChI is InChI=1S/C14H16O2/c1-16-14-8-5-11(6-9-14)2-3-12-4-7-13(15)10-12/h5-6,8-10H,2-4,7H2,1H3.